The number of hydrogen-bond donors (Lipinski definition) is 1. The Morgan fingerprint density at radius 2 is 1.95 bits per heavy atom. The Balaban J connectivity index is 2.14. The summed E-state index contributed by atoms with van der Waals surface area (Å²) in [5.74, 6) is 0.922. The van der Waals surface area contributed by atoms with E-state index in [-0.39, 0.29) is 0 Å². The van der Waals surface area contributed by atoms with Crippen LogP contribution < -0.4 is 10.2 Å². The first kappa shape index (κ1) is 14.4. The standard InChI is InChI=1S/C17H23N3/c1-3-4-12-20(16-8-6-5-7-9-16)14-15-10-11-19-17(13-15)18-2/h5-11,13H,3-4,12,14H2,1-2H3,(H,18,19). The molecule has 0 amide bonds. The predicted molar refractivity (Wildman–Crippen MR) is 86.2 cm³/mol. The fraction of sp³-hybridized carbons (Fsp3) is 0.353. The Morgan fingerprint density at radius 1 is 1.15 bits per heavy atom. The van der Waals surface area contributed by atoms with Crippen molar-refractivity contribution in [2.24, 2.45) is 0 Å². The molecule has 3 heteroatoms. The van der Waals surface area contributed by atoms with Crippen LogP contribution in [0.4, 0.5) is 11.5 Å². The lowest BCUT2D eigenvalue weighted by Crippen LogP contribution is -2.23. The largest absolute Gasteiger partial charge is 0.373 e. The number of hydrogen-bond acceptors (Lipinski definition) is 3. The van der Waals surface area contributed by atoms with Gasteiger partial charge < -0.3 is 10.2 Å². The van der Waals surface area contributed by atoms with Crippen LogP contribution in [-0.4, -0.2) is 18.6 Å². The molecular weight excluding hydrogens is 246 g/mol. The van der Waals surface area contributed by atoms with E-state index in [2.05, 4.69) is 64.6 Å². The second kappa shape index (κ2) is 7.53. The van der Waals surface area contributed by atoms with Crippen molar-refractivity contribution in [3.8, 4) is 0 Å². The van der Waals surface area contributed by atoms with Crippen molar-refractivity contribution in [1.29, 1.82) is 0 Å². The second-order valence-corrected chi connectivity index (χ2v) is 4.91. The molecule has 0 atom stereocenters. The summed E-state index contributed by atoms with van der Waals surface area (Å²) >= 11 is 0. The van der Waals surface area contributed by atoms with Crippen LogP contribution in [-0.2, 0) is 6.54 Å². The van der Waals surface area contributed by atoms with Gasteiger partial charge in [0.1, 0.15) is 5.82 Å². The lowest BCUT2D eigenvalue weighted by Gasteiger charge is -2.25. The minimum absolute atomic E-state index is 0.918. The molecule has 3 nitrogen and oxygen atoms in total. The van der Waals surface area contributed by atoms with E-state index in [4.69, 9.17) is 0 Å². The van der Waals surface area contributed by atoms with Crippen LogP contribution in [0.3, 0.4) is 0 Å². The third-order valence-corrected chi connectivity index (χ3v) is 3.36. The number of nitrogens with one attached hydrogen (secondary N) is 1. The van der Waals surface area contributed by atoms with Crippen LogP contribution in [0.1, 0.15) is 25.3 Å². The third-order valence-electron chi connectivity index (χ3n) is 3.36. The van der Waals surface area contributed by atoms with Crippen molar-refractivity contribution in [3.05, 3.63) is 54.2 Å². The Labute approximate surface area is 121 Å². The maximum absolute atomic E-state index is 4.27. The molecular formula is C17H23N3. The highest BCUT2D eigenvalue weighted by Crippen LogP contribution is 2.18. The summed E-state index contributed by atoms with van der Waals surface area (Å²) in [4.78, 5) is 6.70. The molecule has 2 rings (SSSR count). The van der Waals surface area contributed by atoms with E-state index in [1.54, 1.807) is 0 Å². The number of aromatic nitrogens is 1. The second-order valence-electron chi connectivity index (χ2n) is 4.91. The minimum atomic E-state index is 0.918. The zero-order valence-electron chi connectivity index (χ0n) is 12.3. The van der Waals surface area contributed by atoms with E-state index < -0.39 is 0 Å². The molecule has 0 saturated carbocycles. The highest BCUT2D eigenvalue weighted by atomic mass is 15.1. The average molecular weight is 269 g/mol. The number of unbranched alkanes of at least 4 members (excludes halogenated alkanes) is 1. The van der Waals surface area contributed by atoms with Crippen molar-refractivity contribution in [1.82, 2.24) is 4.98 Å². The van der Waals surface area contributed by atoms with Crippen LogP contribution in [0.2, 0.25) is 0 Å². The van der Waals surface area contributed by atoms with Crippen LogP contribution in [0, 0.1) is 0 Å². The minimum Gasteiger partial charge on any atom is -0.373 e. The molecule has 1 N–H and O–H groups in total. The van der Waals surface area contributed by atoms with Gasteiger partial charge >= 0.3 is 0 Å². The first-order chi connectivity index (χ1) is 9.83. The Bertz CT molecular complexity index is 511. The molecule has 1 aromatic carbocycles. The van der Waals surface area contributed by atoms with Gasteiger partial charge in [-0.2, -0.15) is 0 Å². The fourth-order valence-electron chi connectivity index (χ4n) is 2.22. The molecule has 0 spiro atoms. The molecule has 0 saturated heterocycles. The molecule has 1 aromatic heterocycles. The zero-order valence-corrected chi connectivity index (χ0v) is 12.3. The third kappa shape index (κ3) is 3.98. The number of benzene rings is 1. The molecule has 20 heavy (non-hydrogen) atoms. The summed E-state index contributed by atoms with van der Waals surface area (Å²) in [6.45, 7) is 4.23. The molecule has 0 fully saturated rings. The monoisotopic (exact) mass is 269 g/mol. The summed E-state index contributed by atoms with van der Waals surface area (Å²) in [5, 5.41) is 3.09. The van der Waals surface area contributed by atoms with Gasteiger partial charge in [-0.15, -0.1) is 0 Å². The van der Waals surface area contributed by atoms with Crippen LogP contribution in [0.15, 0.2) is 48.7 Å². The van der Waals surface area contributed by atoms with Crippen molar-refractivity contribution in [3.63, 3.8) is 0 Å². The van der Waals surface area contributed by atoms with Crippen molar-refractivity contribution >= 4 is 11.5 Å². The molecule has 0 aliphatic carbocycles. The quantitative estimate of drug-likeness (QED) is 0.825. The highest BCUT2D eigenvalue weighted by Gasteiger charge is 2.07. The molecule has 106 valence electrons. The molecule has 0 aliphatic rings. The molecule has 0 bridgehead atoms. The summed E-state index contributed by atoms with van der Waals surface area (Å²) < 4.78 is 0. The Hall–Kier alpha value is -2.03. The molecule has 2 aromatic rings. The van der Waals surface area contributed by atoms with Gasteiger partial charge in [0.2, 0.25) is 0 Å². The summed E-state index contributed by atoms with van der Waals surface area (Å²) in [7, 11) is 1.90. The lowest BCUT2D eigenvalue weighted by atomic mass is 10.2. The average Bonchev–Trinajstić information content (AvgIpc) is 2.52. The summed E-state index contributed by atoms with van der Waals surface area (Å²) in [5.41, 5.74) is 2.56. The van der Waals surface area contributed by atoms with Crippen LogP contribution >= 0.6 is 0 Å². The first-order valence-corrected chi connectivity index (χ1v) is 7.26. The van der Waals surface area contributed by atoms with Crippen LogP contribution in [0.5, 0.6) is 0 Å². The molecule has 0 aliphatic heterocycles. The van der Waals surface area contributed by atoms with Gasteiger partial charge in [-0.25, -0.2) is 4.98 Å². The summed E-state index contributed by atoms with van der Waals surface area (Å²) in [6.07, 6.45) is 4.28. The van der Waals surface area contributed by atoms with E-state index in [0.717, 1.165) is 18.9 Å². The normalized spacial score (nSPS) is 10.3. The van der Waals surface area contributed by atoms with Crippen molar-refractivity contribution < 1.29 is 0 Å². The van der Waals surface area contributed by atoms with E-state index in [9.17, 15) is 0 Å². The van der Waals surface area contributed by atoms with Gasteiger partial charge in [-0.1, -0.05) is 31.5 Å². The number of nitrogens with zero attached hydrogens (tertiary/aromatic N) is 2. The molecule has 0 radical (unpaired) electrons. The van der Waals surface area contributed by atoms with Crippen molar-refractivity contribution in [2.45, 2.75) is 26.3 Å². The number of pyridine rings is 1. The van der Waals surface area contributed by atoms with Gasteiger partial charge in [-0.3, -0.25) is 0 Å². The van der Waals surface area contributed by atoms with E-state index >= 15 is 0 Å². The van der Waals surface area contributed by atoms with Gasteiger partial charge in [0.25, 0.3) is 0 Å². The Kier molecular flexibility index (Phi) is 5.42. The topological polar surface area (TPSA) is 28.2 Å². The van der Waals surface area contributed by atoms with Gasteiger partial charge in [0, 0.05) is 32.0 Å². The molecule has 1 heterocycles. The maximum atomic E-state index is 4.27. The SMILES string of the molecule is CCCCN(Cc1ccnc(NC)c1)c1ccccc1. The first-order valence-electron chi connectivity index (χ1n) is 7.26. The maximum Gasteiger partial charge on any atom is 0.125 e. The summed E-state index contributed by atoms with van der Waals surface area (Å²) in [6, 6.07) is 14.8. The predicted octanol–water partition coefficient (Wildman–Crippen LogP) is 3.93. The van der Waals surface area contributed by atoms with Crippen LogP contribution in [0.25, 0.3) is 0 Å². The smallest absolute Gasteiger partial charge is 0.125 e. The van der Waals surface area contributed by atoms with E-state index in [1.165, 1.54) is 24.1 Å². The number of anilines is 2. The van der Waals surface area contributed by atoms with Crippen molar-refractivity contribution in [2.75, 3.05) is 23.8 Å². The fourth-order valence-corrected chi connectivity index (χ4v) is 2.22. The van der Waals surface area contributed by atoms with E-state index in [1.807, 2.05) is 13.2 Å². The number of para-hydroxylation sites is 1. The van der Waals surface area contributed by atoms with Gasteiger partial charge in [0.15, 0.2) is 0 Å². The highest BCUT2D eigenvalue weighted by molar-refractivity contribution is 5.47. The lowest BCUT2D eigenvalue weighted by molar-refractivity contribution is 0.715. The van der Waals surface area contributed by atoms with Gasteiger partial charge in [0.05, 0.1) is 0 Å². The van der Waals surface area contributed by atoms with Gasteiger partial charge in [-0.05, 0) is 36.2 Å². The molecule has 0 unspecified atom stereocenters. The zero-order chi connectivity index (χ0) is 14.2. The number of rotatable bonds is 7. The van der Waals surface area contributed by atoms with E-state index in [0.29, 0.717) is 0 Å². The Morgan fingerprint density at radius 3 is 2.65 bits per heavy atom.